The van der Waals surface area contributed by atoms with Gasteiger partial charge in [-0.3, -0.25) is 9.69 Å². The van der Waals surface area contributed by atoms with E-state index in [0.717, 1.165) is 31.1 Å². The second kappa shape index (κ2) is 6.85. The average Bonchev–Trinajstić information content (AvgIpc) is 3.17. The summed E-state index contributed by atoms with van der Waals surface area (Å²) in [7, 11) is 0. The van der Waals surface area contributed by atoms with Gasteiger partial charge in [-0.15, -0.1) is 11.3 Å². The lowest BCUT2D eigenvalue weighted by molar-refractivity contribution is -0.127. The van der Waals surface area contributed by atoms with Gasteiger partial charge in [-0.2, -0.15) is 4.98 Å². The van der Waals surface area contributed by atoms with Crippen molar-refractivity contribution in [1.29, 1.82) is 0 Å². The molecule has 0 saturated carbocycles. The Kier molecular flexibility index (Phi) is 4.65. The van der Waals surface area contributed by atoms with Crippen molar-refractivity contribution in [2.75, 3.05) is 26.2 Å². The highest BCUT2D eigenvalue weighted by atomic mass is 32.1. The first-order valence-corrected chi connectivity index (χ1v) is 8.11. The zero-order valence-corrected chi connectivity index (χ0v) is 13.3. The molecule has 0 unspecified atom stereocenters. The molecule has 2 aromatic heterocycles. The molecule has 1 saturated heterocycles. The van der Waals surface area contributed by atoms with Crippen LogP contribution in [-0.2, 0) is 11.3 Å². The predicted molar refractivity (Wildman–Crippen MR) is 84.2 cm³/mol. The van der Waals surface area contributed by atoms with Crippen molar-refractivity contribution < 1.29 is 9.32 Å². The highest BCUT2D eigenvalue weighted by molar-refractivity contribution is 7.10. The number of nitrogens with zero attached hydrogens (tertiary/aromatic N) is 4. The summed E-state index contributed by atoms with van der Waals surface area (Å²) >= 11 is 1.63. The molecule has 0 radical (unpaired) electrons. The van der Waals surface area contributed by atoms with Crippen LogP contribution in [0, 0.1) is 6.92 Å². The number of carbonyl (C=O) groups excluding carboxylic acids is 1. The van der Waals surface area contributed by atoms with E-state index in [0.29, 0.717) is 18.3 Å². The Morgan fingerprint density at radius 2 is 2.23 bits per heavy atom. The molecule has 7 heteroatoms. The summed E-state index contributed by atoms with van der Waals surface area (Å²) in [4.78, 5) is 21.5. The van der Waals surface area contributed by atoms with E-state index in [-0.39, 0.29) is 5.91 Å². The fourth-order valence-electron chi connectivity index (χ4n) is 2.37. The second-order valence-electron chi connectivity index (χ2n) is 5.19. The van der Waals surface area contributed by atoms with Gasteiger partial charge in [-0.1, -0.05) is 11.2 Å². The molecule has 6 nitrogen and oxygen atoms in total. The van der Waals surface area contributed by atoms with Crippen molar-refractivity contribution in [2.24, 2.45) is 0 Å². The van der Waals surface area contributed by atoms with Crippen LogP contribution in [0.5, 0.6) is 0 Å². The molecule has 0 atom stereocenters. The van der Waals surface area contributed by atoms with E-state index < -0.39 is 0 Å². The molecule has 0 spiro atoms. The summed E-state index contributed by atoms with van der Waals surface area (Å²) in [6, 6.07) is 3.98. The van der Waals surface area contributed by atoms with Gasteiger partial charge in [0, 0.05) is 37.1 Å². The first-order chi connectivity index (χ1) is 10.7. The smallest absolute Gasteiger partial charge is 0.246 e. The average molecular weight is 318 g/mol. The largest absolute Gasteiger partial charge is 0.338 e. The minimum atomic E-state index is 0.0710. The van der Waals surface area contributed by atoms with Crippen molar-refractivity contribution >= 4 is 23.3 Å². The Morgan fingerprint density at radius 3 is 2.86 bits per heavy atom. The first kappa shape index (κ1) is 14.9. The number of aromatic nitrogens is 2. The fraction of sp³-hybridized carbons (Fsp3) is 0.400. The molecule has 0 aliphatic carbocycles. The molecule has 0 aromatic carbocycles. The van der Waals surface area contributed by atoms with E-state index in [1.807, 2.05) is 35.4 Å². The number of rotatable bonds is 4. The Morgan fingerprint density at radius 1 is 1.41 bits per heavy atom. The van der Waals surface area contributed by atoms with Crippen LogP contribution < -0.4 is 0 Å². The zero-order valence-electron chi connectivity index (χ0n) is 12.4. The standard InChI is InChI=1S/C15H18N4O2S/c1-12-16-14(21-17-12)11-18-6-8-19(9-7-18)15(20)5-4-13-3-2-10-22-13/h2-5,10H,6-9,11H2,1H3. The molecule has 1 amide bonds. The van der Waals surface area contributed by atoms with Crippen LogP contribution >= 0.6 is 11.3 Å². The van der Waals surface area contributed by atoms with Gasteiger partial charge in [-0.25, -0.2) is 0 Å². The van der Waals surface area contributed by atoms with E-state index in [2.05, 4.69) is 15.0 Å². The van der Waals surface area contributed by atoms with E-state index in [4.69, 9.17) is 4.52 Å². The Bertz CT molecular complexity index is 642. The molecule has 22 heavy (non-hydrogen) atoms. The lowest BCUT2D eigenvalue weighted by atomic mass is 10.3. The van der Waals surface area contributed by atoms with Gasteiger partial charge in [0.1, 0.15) is 0 Å². The van der Waals surface area contributed by atoms with E-state index in [1.54, 1.807) is 17.4 Å². The highest BCUT2D eigenvalue weighted by Gasteiger charge is 2.21. The number of thiophene rings is 1. The van der Waals surface area contributed by atoms with Gasteiger partial charge in [0.15, 0.2) is 5.82 Å². The molecule has 3 rings (SSSR count). The van der Waals surface area contributed by atoms with Crippen LogP contribution in [-0.4, -0.2) is 52.0 Å². The molecule has 0 N–H and O–H groups in total. The van der Waals surface area contributed by atoms with Crippen molar-refractivity contribution in [3.63, 3.8) is 0 Å². The van der Waals surface area contributed by atoms with E-state index >= 15 is 0 Å². The molecule has 1 fully saturated rings. The highest BCUT2D eigenvalue weighted by Crippen LogP contribution is 2.12. The Balaban J connectivity index is 1.47. The number of aryl methyl sites for hydroxylation is 1. The van der Waals surface area contributed by atoms with Crippen molar-refractivity contribution in [3.8, 4) is 0 Å². The van der Waals surface area contributed by atoms with Crippen molar-refractivity contribution in [1.82, 2.24) is 19.9 Å². The monoisotopic (exact) mass is 318 g/mol. The minimum absolute atomic E-state index is 0.0710. The normalized spacial score (nSPS) is 16.5. The summed E-state index contributed by atoms with van der Waals surface area (Å²) in [5, 5.41) is 5.79. The van der Waals surface area contributed by atoms with Crippen molar-refractivity contribution in [2.45, 2.75) is 13.5 Å². The topological polar surface area (TPSA) is 62.5 Å². The molecule has 2 aromatic rings. The molecule has 3 heterocycles. The summed E-state index contributed by atoms with van der Waals surface area (Å²) in [5.74, 6) is 1.36. The maximum absolute atomic E-state index is 12.1. The molecule has 116 valence electrons. The Hall–Kier alpha value is -1.99. The SMILES string of the molecule is Cc1noc(CN2CCN(C(=O)C=Cc3cccs3)CC2)n1. The minimum Gasteiger partial charge on any atom is -0.338 e. The van der Waals surface area contributed by atoms with E-state index in [9.17, 15) is 4.79 Å². The second-order valence-corrected chi connectivity index (χ2v) is 6.16. The molecule has 1 aliphatic heterocycles. The number of piperazine rings is 1. The molecule has 1 aliphatic rings. The number of hydrogen-bond acceptors (Lipinski definition) is 6. The molecule has 0 bridgehead atoms. The lowest BCUT2D eigenvalue weighted by Crippen LogP contribution is -2.47. The summed E-state index contributed by atoms with van der Waals surface area (Å²) in [5.41, 5.74) is 0. The quantitative estimate of drug-likeness (QED) is 0.804. The summed E-state index contributed by atoms with van der Waals surface area (Å²) in [6.07, 6.45) is 3.53. The van der Waals surface area contributed by atoms with Crippen LogP contribution in [0.15, 0.2) is 28.1 Å². The first-order valence-electron chi connectivity index (χ1n) is 7.23. The summed E-state index contributed by atoms with van der Waals surface area (Å²) in [6.45, 7) is 5.54. The zero-order chi connectivity index (χ0) is 15.4. The van der Waals surface area contributed by atoms with Crippen molar-refractivity contribution in [3.05, 3.63) is 40.2 Å². The number of hydrogen-bond donors (Lipinski definition) is 0. The van der Waals surface area contributed by atoms with Crippen LogP contribution in [0.25, 0.3) is 6.08 Å². The van der Waals surface area contributed by atoms with Crippen LogP contribution in [0.2, 0.25) is 0 Å². The third kappa shape index (κ3) is 3.80. The maximum atomic E-state index is 12.1. The van der Waals surface area contributed by atoms with Gasteiger partial charge in [0.2, 0.25) is 11.8 Å². The Labute approximate surface area is 133 Å². The van der Waals surface area contributed by atoms with Crippen LogP contribution in [0.3, 0.4) is 0 Å². The van der Waals surface area contributed by atoms with E-state index in [1.165, 1.54) is 0 Å². The van der Waals surface area contributed by atoms with Crippen LogP contribution in [0.1, 0.15) is 16.6 Å². The van der Waals surface area contributed by atoms with Gasteiger partial charge in [0.05, 0.1) is 6.54 Å². The molecular weight excluding hydrogens is 300 g/mol. The van der Waals surface area contributed by atoms with Gasteiger partial charge in [0.25, 0.3) is 0 Å². The lowest BCUT2D eigenvalue weighted by Gasteiger charge is -2.33. The maximum Gasteiger partial charge on any atom is 0.246 e. The third-order valence-corrected chi connectivity index (χ3v) is 4.38. The van der Waals surface area contributed by atoms with Gasteiger partial charge < -0.3 is 9.42 Å². The van der Waals surface area contributed by atoms with Gasteiger partial charge in [-0.05, 0) is 24.4 Å². The predicted octanol–water partition coefficient (Wildman–Crippen LogP) is 1.80. The van der Waals surface area contributed by atoms with Gasteiger partial charge >= 0.3 is 0 Å². The summed E-state index contributed by atoms with van der Waals surface area (Å²) < 4.78 is 5.13. The molecular formula is C15H18N4O2S. The fourth-order valence-corrected chi connectivity index (χ4v) is 2.98. The number of carbonyl (C=O) groups is 1. The number of amides is 1. The third-order valence-electron chi connectivity index (χ3n) is 3.55. The van der Waals surface area contributed by atoms with Crippen LogP contribution in [0.4, 0.5) is 0 Å².